The summed E-state index contributed by atoms with van der Waals surface area (Å²) in [7, 11) is 0. The number of hydrogen-bond acceptors (Lipinski definition) is 12. The molecular formula is C41H20O12. The summed E-state index contributed by atoms with van der Waals surface area (Å²) >= 11 is 0. The fraction of sp³-hybridized carbons (Fsp3) is 0.0244. The number of hydrogen-bond donors (Lipinski definition) is 0. The van der Waals surface area contributed by atoms with Crippen molar-refractivity contribution in [1.82, 2.24) is 0 Å². The first-order valence-corrected chi connectivity index (χ1v) is 15.1. The molecule has 0 radical (unpaired) electrons. The van der Waals surface area contributed by atoms with E-state index in [0.717, 1.165) is 17.7 Å². The van der Waals surface area contributed by atoms with Crippen molar-refractivity contribution in [3.63, 3.8) is 0 Å². The SMILES string of the molecule is C#Cc1ccc2c(c1)C(=O)OC2=O.CC#Cc1ccc2c(c1)C(=O)OC2=O.O=C1C=CC(=O)O1.O=C1OC(=O)c2cc(C#Cc3ccccc3)ccc21. The highest BCUT2D eigenvalue weighted by atomic mass is 16.6. The average Bonchev–Trinajstić information content (AvgIpc) is 3.86. The van der Waals surface area contributed by atoms with Gasteiger partial charge in [-0.25, -0.2) is 38.4 Å². The molecule has 0 spiro atoms. The molecule has 12 nitrogen and oxygen atoms in total. The van der Waals surface area contributed by atoms with E-state index in [4.69, 9.17) is 6.42 Å². The highest BCUT2D eigenvalue weighted by Crippen LogP contribution is 2.22. The number of terminal acetylenes is 1. The second kappa shape index (κ2) is 16.0. The second-order valence-electron chi connectivity index (χ2n) is 10.5. The quantitative estimate of drug-likeness (QED) is 0.110. The molecule has 8 rings (SSSR count). The third-order valence-electron chi connectivity index (χ3n) is 7.05. The lowest BCUT2D eigenvalue weighted by Crippen LogP contribution is -1.96. The molecule has 0 fully saturated rings. The predicted octanol–water partition coefficient (Wildman–Crippen LogP) is 4.37. The number of cyclic esters (lactones) is 8. The summed E-state index contributed by atoms with van der Waals surface area (Å²) in [6.07, 6.45) is 7.31. The van der Waals surface area contributed by atoms with Gasteiger partial charge in [0.15, 0.2) is 0 Å². The number of fused-ring (bicyclic) bond motifs is 3. The summed E-state index contributed by atoms with van der Waals surface area (Å²) in [5, 5.41) is 0. The Labute approximate surface area is 300 Å². The summed E-state index contributed by atoms with van der Waals surface area (Å²) in [4.78, 5) is 86.8. The van der Waals surface area contributed by atoms with Gasteiger partial charge in [0.05, 0.1) is 33.4 Å². The second-order valence-corrected chi connectivity index (χ2v) is 10.5. The van der Waals surface area contributed by atoms with Gasteiger partial charge in [0.25, 0.3) is 0 Å². The van der Waals surface area contributed by atoms with Gasteiger partial charge in [-0.15, -0.1) is 12.3 Å². The first-order valence-electron chi connectivity index (χ1n) is 15.1. The molecule has 0 aromatic heterocycles. The van der Waals surface area contributed by atoms with Gasteiger partial charge in [0.1, 0.15) is 0 Å². The van der Waals surface area contributed by atoms with Crippen molar-refractivity contribution < 1.29 is 57.3 Å². The molecule has 0 saturated heterocycles. The average molecular weight is 705 g/mol. The summed E-state index contributed by atoms with van der Waals surface area (Å²) in [6.45, 7) is 1.71. The minimum atomic E-state index is -0.628. The van der Waals surface area contributed by atoms with Crippen LogP contribution in [-0.4, -0.2) is 47.8 Å². The summed E-state index contributed by atoms with van der Waals surface area (Å²) in [5.41, 5.74) is 4.57. The van der Waals surface area contributed by atoms with Gasteiger partial charge in [-0.1, -0.05) is 41.9 Å². The van der Waals surface area contributed by atoms with Crippen molar-refractivity contribution >= 4 is 47.8 Å². The van der Waals surface area contributed by atoms with E-state index in [2.05, 4.69) is 48.5 Å². The molecule has 0 unspecified atom stereocenters. The molecule has 4 aliphatic heterocycles. The van der Waals surface area contributed by atoms with Crippen LogP contribution in [0.1, 0.15) is 91.3 Å². The van der Waals surface area contributed by atoms with Crippen LogP contribution >= 0.6 is 0 Å². The molecule has 4 aromatic carbocycles. The largest absolute Gasteiger partial charge is 0.387 e. The van der Waals surface area contributed by atoms with Crippen molar-refractivity contribution in [3.05, 3.63) is 153 Å². The highest BCUT2D eigenvalue weighted by Gasteiger charge is 2.31. The molecular weight excluding hydrogens is 684 g/mol. The molecule has 0 bridgehead atoms. The van der Waals surface area contributed by atoms with Crippen LogP contribution < -0.4 is 0 Å². The van der Waals surface area contributed by atoms with Crippen LogP contribution in [0.15, 0.2) is 97.1 Å². The standard InChI is InChI=1S/C16H8O3.C11H6O3.C10H4O3.C4H2O3/c17-15-13-9-8-12(10-14(13)16(18)19-15)7-6-11-4-2-1-3-5-11;1-2-3-7-4-5-8-9(6-7)11(13)14-10(8)12;1-2-6-3-4-7-8(5-6)10(12)13-9(7)11;5-3-1-2-4(6)7-3/h1-5,8-10H;4-6H,1H3;1,3-5H;1-2H. The highest BCUT2D eigenvalue weighted by molar-refractivity contribution is 6.16. The lowest BCUT2D eigenvalue weighted by molar-refractivity contribution is -0.150. The monoisotopic (exact) mass is 704 g/mol. The Bertz CT molecular complexity index is 2460. The molecule has 12 heteroatoms. The molecule has 53 heavy (non-hydrogen) atoms. The van der Waals surface area contributed by atoms with E-state index in [-0.39, 0.29) is 16.7 Å². The van der Waals surface area contributed by atoms with Crippen LogP contribution in [0.2, 0.25) is 0 Å². The molecule has 4 heterocycles. The van der Waals surface area contributed by atoms with E-state index >= 15 is 0 Å². The molecule has 0 amide bonds. The fourth-order valence-electron chi connectivity index (χ4n) is 4.61. The molecule has 4 aromatic rings. The minimum absolute atomic E-state index is 0.250. The van der Waals surface area contributed by atoms with Gasteiger partial charge in [0.2, 0.25) is 0 Å². The Morgan fingerprint density at radius 3 is 1.19 bits per heavy atom. The van der Waals surface area contributed by atoms with Gasteiger partial charge in [-0.05, 0) is 73.7 Å². The number of ether oxygens (including phenoxy) is 4. The number of carbonyl (C=O) groups excluding carboxylic acids is 8. The Kier molecular flexibility index (Phi) is 10.9. The van der Waals surface area contributed by atoms with Crippen LogP contribution in [-0.2, 0) is 28.5 Å². The number of esters is 8. The van der Waals surface area contributed by atoms with Crippen LogP contribution in [0, 0.1) is 36.0 Å². The zero-order chi connectivity index (χ0) is 38.1. The first kappa shape index (κ1) is 36.1. The Morgan fingerprint density at radius 1 is 0.415 bits per heavy atom. The van der Waals surface area contributed by atoms with Crippen LogP contribution in [0.25, 0.3) is 0 Å². The topological polar surface area (TPSA) is 173 Å². The van der Waals surface area contributed by atoms with Crippen molar-refractivity contribution in [3.8, 4) is 36.0 Å². The number of benzene rings is 4. The molecule has 4 aliphatic rings. The smallest absolute Gasteiger partial charge is 0.346 e. The van der Waals surface area contributed by atoms with E-state index in [1.807, 2.05) is 30.3 Å². The van der Waals surface area contributed by atoms with Crippen molar-refractivity contribution in [2.45, 2.75) is 6.92 Å². The fourth-order valence-corrected chi connectivity index (χ4v) is 4.61. The minimum Gasteiger partial charge on any atom is -0.387 e. The van der Waals surface area contributed by atoms with Crippen molar-refractivity contribution in [1.29, 1.82) is 0 Å². The molecule has 0 saturated carbocycles. The maximum atomic E-state index is 11.4. The van der Waals surface area contributed by atoms with E-state index < -0.39 is 47.8 Å². The van der Waals surface area contributed by atoms with Gasteiger partial charge < -0.3 is 18.9 Å². The predicted molar refractivity (Wildman–Crippen MR) is 182 cm³/mol. The zero-order valence-corrected chi connectivity index (χ0v) is 27.2. The van der Waals surface area contributed by atoms with Crippen LogP contribution in [0.3, 0.4) is 0 Å². The maximum absolute atomic E-state index is 11.4. The molecule has 0 aliphatic carbocycles. The lowest BCUT2D eigenvalue weighted by atomic mass is 10.1. The van der Waals surface area contributed by atoms with Crippen molar-refractivity contribution in [2.75, 3.05) is 0 Å². The Balaban J connectivity index is 0.000000143. The summed E-state index contributed by atoms with van der Waals surface area (Å²) < 4.78 is 17.3. The summed E-state index contributed by atoms with van der Waals surface area (Å²) in [5.74, 6) is 9.07. The summed E-state index contributed by atoms with van der Waals surface area (Å²) in [6, 6.07) is 23.8. The van der Waals surface area contributed by atoms with Gasteiger partial charge in [-0.2, -0.15) is 0 Å². The Morgan fingerprint density at radius 2 is 0.792 bits per heavy atom. The Hall–Kier alpha value is -8.14. The van der Waals surface area contributed by atoms with E-state index in [1.54, 1.807) is 49.4 Å². The molecule has 0 atom stereocenters. The maximum Gasteiger partial charge on any atom is 0.346 e. The van der Waals surface area contributed by atoms with Gasteiger partial charge in [0, 0.05) is 34.4 Å². The van der Waals surface area contributed by atoms with E-state index in [9.17, 15) is 38.4 Å². The number of rotatable bonds is 0. The third kappa shape index (κ3) is 8.72. The lowest BCUT2D eigenvalue weighted by Gasteiger charge is -1.93. The normalized spacial score (nSPS) is 13.5. The first-order chi connectivity index (χ1) is 25.5. The van der Waals surface area contributed by atoms with Crippen LogP contribution in [0.5, 0.6) is 0 Å². The van der Waals surface area contributed by atoms with Crippen LogP contribution in [0.4, 0.5) is 0 Å². The van der Waals surface area contributed by atoms with E-state index in [1.165, 1.54) is 12.1 Å². The van der Waals surface area contributed by atoms with Gasteiger partial charge >= 0.3 is 47.8 Å². The third-order valence-corrected chi connectivity index (χ3v) is 7.05. The van der Waals surface area contributed by atoms with Gasteiger partial charge in [-0.3, -0.25) is 0 Å². The number of carbonyl (C=O) groups is 8. The van der Waals surface area contributed by atoms with Crippen molar-refractivity contribution in [2.24, 2.45) is 0 Å². The molecule has 0 N–H and O–H groups in total. The molecule has 256 valence electrons. The van der Waals surface area contributed by atoms with E-state index in [0.29, 0.717) is 33.4 Å². The zero-order valence-electron chi connectivity index (χ0n) is 27.2.